The molecule has 0 heterocycles. The van der Waals surface area contributed by atoms with Gasteiger partial charge in [0.2, 0.25) is 0 Å². The first-order chi connectivity index (χ1) is 15.8. The minimum atomic E-state index is -6.39. The van der Waals surface area contributed by atoms with Gasteiger partial charge in [0.15, 0.2) is 0 Å². The van der Waals surface area contributed by atoms with Crippen LogP contribution in [-0.4, -0.2) is 34.9 Å². The topological polar surface area (TPSA) is 92.5 Å². The summed E-state index contributed by atoms with van der Waals surface area (Å²) in [4.78, 5) is 0. The van der Waals surface area contributed by atoms with Crippen LogP contribution in [0.4, 0.5) is 64.1 Å². The van der Waals surface area contributed by atoms with Gasteiger partial charge in [0.05, 0.1) is 0 Å². The number of aliphatic hydroxyl groups is 2. The van der Waals surface area contributed by atoms with E-state index in [1.807, 2.05) is 0 Å². The van der Waals surface area contributed by atoms with E-state index in [1.54, 1.807) is 0 Å². The highest BCUT2D eigenvalue weighted by molar-refractivity contribution is 5.78. The second kappa shape index (κ2) is 8.33. The second-order valence-electron chi connectivity index (χ2n) is 7.92. The molecule has 4 nitrogen and oxygen atoms in total. The average Bonchev–Trinajstić information content (AvgIpc) is 2.64. The van der Waals surface area contributed by atoms with Gasteiger partial charge in [-0.3, -0.25) is 0 Å². The normalized spacial score (nSPS) is 14.3. The number of hydrogen-bond acceptors (Lipinski definition) is 4. The highest BCUT2D eigenvalue weighted by Gasteiger charge is 2.73. The molecule has 0 atom stereocenters. The molecule has 0 aliphatic heterocycles. The Kier molecular flexibility index (Phi) is 6.79. The summed E-state index contributed by atoms with van der Waals surface area (Å²) < 4.78 is 161. The fourth-order valence-corrected chi connectivity index (χ4v) is 3.60. The molecule has 0 unspecified atom stereocenters. The molecule has 0 saturated heterocycles. The maximum atomic E-state index is 13.4. The van der Waals surface area contributed by atoms with Crippen molar-refractivity contribution < 1.29 is 62.9 Å². The van der Waals surface area contributed by atoms with Crippen LogP contribution in [0.25, 0.3) is 11.1 Å². The van der Waals surface area contributed by atoms with Gasteiger partial charge in [-0.2, -0.15) is 52.7 Å². The first-order valence-electron chi connectivity index (χ1n) is 9.35. The smallest absolute Gasteiger partial charge is 0.398 e. The molecule has 2 aromatic rings. The quantitative estimate of drug-likeness (QED) is 0.292. The van der Waals surface area contributed by atoms with E-state index in [2.05, 4.69) is 0 Å². The zero-order chi connectivity index (χ0) is 28.4. The van der Waals surface area contributed by atoms with E-state index in [1.165, 1.54) is 0 Å². The van der Waals surface area contributed by atoms with E-state index >= 15 is 0 Å². The predicted molar refractivity (Wildman–Crippen MR) is 102 cm³/mol. The largest absolute Gasteiger partial charge is 0.430 e. The number of anilines is 2. The van der Waals surface area contributed by atoms with Gasteiger partial charge in [-0.15, -0.1) is 0 Å². The highest BCUT2D eigenvalue weighted by Crippen LogP contribution is 2.54. The fourth-order valence-electron chi connectivity index (χ4n) is 3.60. The third-order valence-electron chi connectivity index (χ3n) is 5.50. The van der Waals surface area contributed by atoms with Crippen LogP contribution in [0.3, 0.4) is 0 Å². The van der Waals surface area contributed by atoms with Gasteiger partial charge in [0, 0.05) is 22.5 Å². The van der Waals surface area contributed by atoms with Crippen molar-refractivity contribution in [3.8, 4) is 11.1 Å². The zero-order valence-electron chi connectivity index (χ0n) is 17.9. The van der Waals surface area contributed by atoms with Crippen molar-refractivity contribution in [1.82, 2.24) is 0 Å². The molecule has 16 heteroatoms. The molecule has 0 aromatic heterocycles. The van der Waals surface area contributed by atoms with E-state index in [0.717, 1.165) is 13.8 Å². The molecule has 0 amide bonds. The summed E-state index contributed by atoms with van der Waals surface area (Å²) in [6.45, 7) is 2.07. The van der Waals surface area contributed by atoms with Crippen molar-refractivity contribution in [2.45, 2.75) is 49.8 Å². The monoisotopic (exact) mass is 544 g/mol. The molecule has 0 radical (unpaired) electrons. The number of alkyl halides is 12. The fraction of sp³-hybridized carbons (Fsp3) is 0.400. The summed E-state index contributed by atoms with van der Waals surface area (Å²) in [6, 6.07) is 1.13. The first kappa shape index (κ1) is 29.4. The SMILES string of the molecule is Cc1cc(N)c(C(O)(C(F)(F)F)C(F)(F)F)cc1-c1cc(C(O)(C(F)(F)F)C(F)(F)F)c(N)cc1C. The molecule has 202 valence electrons. The minimum absolute atomic E-state index is 0.0498. The highest BCUT2D eigenvalue weighted by atomic mass is 19.4. The molecule has 0 spiro atoms. The van der Waals surface area contributed by atoms with Crippen molar-refractivity contribution in [1.29, 1.82) is 0 Å². The molecule has 36 heavy (non-hydrogen) atoms. The maximum absolute atomic E-state index is 13.4. The second-order valence-corrected chi connectivity index (χ2v) is 7.92. The van der Waals surface area contributed by atoms with Gasteiger partial charge in [0.1, 0.15) is 0 Å². The Labute approximate surface area is 194 Å². The van der Waals surface area contributed by atoms with Crippen LogP contribution >= 0.6 is 0 Å². The lowest BCUT2D eigenvalue weighted by atomic mass is 9.83. The van der Waals surface area contributed by atoms with E-state index < -0.39 is 69.5 Å². The van der Waals surface area contributed by atoms with Crippen molar-refractivity contribution in [3.05, 3.63) is 46.5 Å². The summed E-state index contributed by atoms with van der Waals surface area (Å²) in [5, 5.41) is 19.4. The lowest BCUT2D eigenvalue weighted by Gasteiger charge is -2.35. The minimum Gasteiger partial charge on any atom is -0.398 e. The lowest BCUT2D eigenvalue weighted by Crippen LogP contribution is -2.54. The Morgan fingerprint density at radius 1 is 0.500 bits per heavy atom. The lowest BCUT2D eigenvalue weighted by molar-refractivity contribution is -0.376. The Morgan fingerprint density at radius 2 is 0.722 bits per heavy atom. The summed E-state index contributed by atoms with van der Waals surface area (Å²) in [7, 11) is 0. The number of rotatable bonds is 3. The molecule has 0 saturated carbocycles. The number of nitrogens with two attached hydrogens (primary N) is 2. The molecule has 0 fully saturated rings. The van der Waals surface area contributed by atoms with Crippen molar-refractivity contribution >= 4 is 11.4 Å². The van der Waals surface area contributed by atoms with Crippen LogP contribution in [0.15, 0.2) is 24.3 Å². The van der Waals surface area contributed by atoms with Crippen LogP contribution in [0, 0.1) is 13.8 Å². The van der Waals surface area contributed by atoms with E-state index in [9.17, 15) is 62.9 Å². The van der Waals surface area contributed by atoms with Crippen LogP contribution < -0.4 is 11.5 Å². The first-order valence-corrected chi connectivity index (χ1v) is 9.35. The van der Waals surface area contributed by atoms with Crippen LogP contribution in [0.1, 0.15) is 22.3 Å². The molecule has 0 bridgehead atoms. The average molecular weight is 544 g/mol. The van der Waals surface area contributed by atoms with Gasteiger partial charge >= 0.3 is 24.7 Å². The van der Waals surface area contributed by atoms with E-state index in [4.69, 9.17) is 11.5 Å². The Morgan fingerprint density at radius 3 is 0.917 bits per heavy atom. The van der Waals surface area contributed by atoms with Crippen molar-refractivity contribution in [3.63, 3.8) is 0 Å². The molecule has 6 N–H and O–H groups in total. The number of aryl methyl sites for hydroxylation is 2. The van der Waals surface area contributed by atoms with Gasteiger partial charge in [-0.25, -0.2) is 0 Å². The number of hydrogen-bond donors (Lipinski definition) is 4. The third-order valence-corrected chi connectivity index (χ3v) is 5.50. The summed E-state index contributed by atoms with van der Waals surface area (Å²) in [5.41, 5.74) is -8.94. The Bertz CT molecular complexity index is 1040. The predicted octanol–water partition coefficient (Wildman–Crippen LogP) is 5.76. The summed E-state index contributed by atoms with van der Waals surface area (Å²) >= 11 is 0. The van der Waals surface area contributed by atoms with Gasteiger partial charge in [-0.05, 0) is 60.4 Å². The van der Waals surface area contributed by atoms with Crippen molar-refractivity contribution in [2.24, 2.45) is 0 Å². The van der Waals surface area contributed by atoms with Crippen LogP contribution in [0.2, 0.25) is 0 Å². The summed E-state index contributed by atoms with van der Waals surface area (Å²) in [5.74, 6) is 0. The van der Waals surface area contributed by atoms with Gasteiger partial charge in [-0.1, -0.05) is 0 Å². The van der Waals surface area contributed by atoms with Gasteiger partial charge in [0.25, 0.3) is 11.2 Å². The van der Waals surface area contributed by atoms with Crippen LogP contribution in [0.5, 0.6) is 0 Å². The molecular weight excluding hydrogens is 528 g/mol. The molecule has 0 aliphatic carbocycles. The molecular formula is C20H16F12N2O2. The number of benzene rings is 2. The third kappa shape index (κ3) is 4.29. The van der Waals surface area contributed by atoms with E-state index in [-0.39, 0.29) is 23.3 Å². The Hall–Kier alpha value is -2.88. The standard InChI is InChI=1S/C20H16F12N2O2/c1-7-3-13(33)11(15(35,17(21,22)23)18(24,25)26)5-9(7)10-6-12(14(34)4-8(10)2)16(36,19(27,28)29)20(30,31)32/h3-6,35-36H,33-34H2,1-2H3. The summed E-state index contributed by atoms with van der Waals surface area (Å²) in [6.07, 6.45) is -25.6. The molecule has 2 aromatic carbocycles. The number of nitrogen functional groups attached to an aromatic ring is 2. The van der Waals surface area contributed by atoms with Crippen molar-refractivity contribution in [2.75, 3.05) is 11.5 Å². The molecule has 0 aliphatic rings. The van der Waals surface area contributed by atoms with E-state index in [0.29, 0.717) is 12.1 Å². The number of halogens is 12. The molecule has 2 rings (SSSR count). The maximum Gasteiger partial charge on any atom is 0.430 e. The van der Waals surface area contributed by atoms with Crippen LogP contribution in [-0.2, 0) is 11.2 Å². The Balaban J connectivity index is 3.02. The zero-order valence-corrected chi connectivity index (χ0v) is 17.9. The van der Waals surface area contributed by atoms with Gasteiger partial charge < -0.3 is 21.7 Å².